The van der Waals surface area contributed by atoms with E-state index >= 15 is 0 Å². The lowest BCUT2D eigenvalue weighted by molar-refractivity contribution is -0.137. The second kappa shape index (κ2) is 6.16. The second-order valence-electron chi connectivity index (χ2n) is 5.06. The van der Waals surface area contributed by atoms with E-state index in [-0.39, 0.29) is 0 Å². The summed E-state index contributed by atoms with van der Waals surface area (Å²) in [5.41, 5.74) is 0.417. The molecule has 0 saturated carbocycles. The van der Waals surface area contributed by atoms with E-state index in [9.17, 15) is 13.2 Å². The molecule has 3 rings (SSSR count). The Kier molecular flexibility index (Phi) is 4.24. The van der Waals surface area contributed by atoms with Crippen LogP contribution in [0.5, 0.6) is 0 Å². The zero-order valence-corrected chi connectivity index (χ0v) is 12.4. The van der Waals surface area contributed by atoms with Crippen molar-refractivity contribution in [2.24, 2.45) is 0 Å². The Morgan fingerprint density at radius 1 is 1.14 bits per heavy atom. The molecular formula is C15H14F3N3S. The van der Waals surface area contributed by atoms with Gasteiger partial charge in [-0.15, -0.1) is 11.8 Å². The van der Waals surface area contributed by atoms with E-state index in [0.717, 1.165) is 37.5 Å². The van der Waals surface area contributed by atoms with Gasteiger partial charge in [0.05, 0.1) is 10.6 Å². The maximum Gasteiger partial charge on any atom is 0.417 e. The van der Waals surface area contributed by atoms with Crippen LogP contribution in [0.15, 0.2) is 47.9 Å². The summed E-state index contributed by atoms with van der Waals surface area (Å²) in [5, 5.41) is 0.965. The van der Waals surface area contributed by atoms with Gasteiger partial charge in [-0.05, 0) is 30.7 Å². The van der Waals surface area contributed by atoms with Crippen LogP contribution in [0.2, 0.25) is 0 Å². The van der Waals surface area contributed by atoms with Crippen molar-refractivity contribution in [2.45, 2.75) is 22.9 Å². The molecule has 0 amide bonds. The van der Waals surface area contributed by atoms with Crippen molar-refractivity contribution >= 4 is 17.4 Å². The molecule has 1 aliphatic heterocycles. The number of pyridine rings is 2. The maximum atomic E-state index is 12.5. The number of halogens is 3. The van der Waals surface area contributed by atoms with Crippen molar-refractivity contribution in [3.8, 4) is 0 Å². The molecule has 0 radical (unpaired) electrons. The molecular weight excluding hydrogens is 311 g/mol. The molecule has 0 aliphatic carbocycles. The largest absolute Gasteiger partial charge is 0.417 e. The maximum absolute atomic E-state index is 12.5. The third-order valence-corrected chi connectivity index (χ3v) is 4.73. The number of aromatic nitrogens is 2. The van der Waals surface area contributed by atoms with Gasteiger partial charge in [-0.3, -0.25) is 4.98 Å². The van der Waals surface area contributed by atoms with Crippen LogP contribution in [-0.2, 0) is 6.18 Å². The van der Waals surface area contributed by atoms with Gasteiger partial charge in [0.15, 0.2) is 0 Å². The van der Waals surface area contributed by atoms with Gasteiger partial charge in [0.25, 0.3) is 0 Å². The van der Waals surface area contributed by atoms with Crippen molar-refractivity contribution in [3.05, 3.63) is 48.4 Å². The van der Waals surface area contributed by atoms with E-state index in [1.54, 1.807) is 12.4 Å². The minimum atomic E-state index is -4.33. The van der Waals surface area contributed by atoms with Crippen molar-refractivity contribution < 1.29 is 13.2 Å². The number of hydrogen-bond acceptors (Lipinski definition) is 4. The fourth-order valence-corrected chi connectivity index (χ4v) is 3.48. The molecule has 0 aromatic carbocycles. The molecule has 0 bridgehead atoms. The van der Waals surface area contributed by atoms with Crippen LogP contribution in [0.1, 0.15) is 12.0 Å². The zero-order chi connectivity index (χ0) is 15.6. The van der Waals surface area contributed by atoms with Gasteiger partial charge in [-0.2, -0.15) is 13.2 Å². The van der Waals surface area contributed by atoms with Crippen LogP contribution in [0.4, 0.5) is 18.9 Å². The number of hydrogen-bond donors (Lipinski definition) is 0. The highest BCUT2D eigenvalue weighted by molar-refractivity contribution is 7.99. The molecule has 3 heterocycles. The fourth-order valence-electron chi connectivity index (χ4n) is 2.40. The minimum Gasteiger partial charge on any atom is -0.370 e. The van der Waals surface area contributed by atoms with Crippen LogP contribution in [0, 0.1) is 0 Å². The molecule has 2 aromatic heterocycles. The molecule has 2 aromatic rings. The van der Waals surface area contributed by atoms with Gasteiger partial charge in [-0.25, -0.2) is 4.98 Å². The second-order valence-corrected chi connectivity index (χ2v) is 6.38. The Balaban J connectivity index is 1.61. The summed E-state index contributed by atoms with van der Waals surface area (Å²) < 4.78 is 37.5. The SMILES string of the molecule is FC(F)(F)c1ccc(SC2CCN(c3ccncc3)C2)nc1. The number of thioether (sulfide) groups is 1. The Labute approximate surface area is 130 Å². The molecule has 7 heteroatoms. The molecule has 1 saturated heterocycles. The standard InChI is InChI=1S/C15H14F3N3S/c16-15(17,18)11-1-2-14(20-9-11)22-13-5-8-21(10-13)12-3-6-19-7-4-12/h1-4,6-7,9,13H,5,8,10H2. The first-order valence-corrected chi connectivity index (χ1v) is 7.75. The molecule has 1 atom stereocenters. The van der Waals surface area contributed by atoms with Crippen LogP contribution in [0.3, 0.4) is 0 Å². The third-order valence-electron chi connectivity index (χ3n) is 3.52. The van der Waals surface area contributed by atoms with Crippen molar-refractivity contribution in [3.63, 3.8) is 0 Å². The first-order chi connectivity index (χ1) is 10.5. The number of nitrogens with zero attached hydrogens (tertiary/aromatic N) is 3. The predicted molar refractivity (Wildman–Crippen MR) is 80.0 cm³/mol. The zero-order valence-electron chi connectivity index (χ0n) is 11.6. The average Bonchev–Trinajstić information content (AvgIpc) is 2.96. The summed E-state index contributed by atoms with van der Waals surface area (Å²) in [6, 6.07) is 6.46. The molecule has 116 valence electrons. The molecule has 22 heavy (non-hydrogen) atoms. The highest BCUT2D eigenvalue weighted by Crippen LogP contribution is 2.33. The molecule has 1 unspecified atom stereocenters. The normalized spacial score (nSPS) is 18.7. The van der Waals surface area contributed by atoms with Crippen LogP contribution in [-0.4, -0.2) is 28.3 Å². The molecule has 0 N–H and O–H groups in total. The van der Waals surface area contributed by atoms with E-state index in [1.165, 1.54) is 17.8 Å². The van der Waals surface area contributed by atoms with E-state index in [2.05, 4.69) is 14.9 Å². The van der Waals surface area contributed by atoms with E-state index < -0.39 is 11.7 Å². The van der Waals surface area contributed by atoms with E-state index in [4.69, 9.17) is 0 Å². The lowest BCUT2D eigenvalue weighted by atomic mass is 10.3. The van der Waals surface area contributed by atoms with Crippen LogP contribution < -0.4 is 4.90 Å². The summed E-state index contributed by atoms with van der Waals surface area (Å²) in [7, 11) is 0. The average molecular weight is 325 g/mol. The highest BCUT2D eigenvalue weighted by atomic mass is 32.2. The van der Waals surface area contributed by atoms with Crippen molar-refractivity contribution in [1.29, 1.82) is 0 Å². The Morgan fingerprint density at radius 3 is 2.55 bits per heavy atom. The Bertz CT molecular complexity index is 616. The van der Waals surface area contributed by atoms with Gasteiger partial charge in [0.1, 0.15) is 0 Å². The summed E-state index contributed by atoms with van der Waals surface area (Å²) in [5.74, 6) is 0. The highest BCUT2D eigenvalue weighted by Gasteiger charge is 2.31. The first-order valence-electron chi connectivity index (χ1n) is 6.87. The van der Waals surface area contributed by atoms with Crippen LogP contribution in [0.25, 0.3) is 0 Å². The molecule has 1 aliphatic rings. The Hall–Kier alpha value is -1.76. The van der Waals surface area contributed by atoms with Crippen molar-refractivity contribution in [1.82, 2.24) is 9.97 Å². The lowest BCUT2D eigenvalue weighted by Gasteiger charge is -2.18. The molecule has 1 fully saturated rings. The van der Waals surface area contributed by atoms with Gasteiger partial charge in [-0.1, -0.05) is 0 Å². The number of alkyl halides is 3. The topological polar surface area (TPSA) is 29.0 Å². The van der Waals surface area contributed by atoms with Crippen molar-refractivity contribution in [2.75, 3.05) is 18.0 Å². The number of anilines is 1. The fraction of sp³-hybridized carbons (Fsp3) is 0.333. The first kappa shape index (κ1) is 15.1. The Morgan fingerprint density at radius 2 is 1.91 bits per heavy atom. The summed E-state index contributed by atoms with van der Waals surface area (Å²) in [6.45, 7) is 1.79. The summed E-state index contributed by atoms with van der Waals surface area (Å²) in [4.78, 5) is 10.2. The summed E-state index contributed by atoms with van der Waals surface area (Å²) in [6.07, 6.45) is 1.07. The third kappa shape index (κ3) is 3.52. The van der Waals surface area contributed by atoms with Gasteiger partial charge < -0.3 is 4.90 Å². The van der Waals surface area contributed by atoms with E-state index in [0.29, 0.717) is 10.3 Å². The van der Waals surface area contributed by atoms with Crippen LogP contribution >= 0.6 is 11.8 Å². The minimum absolute atomic E-state index is 0.331. The predicted octanol–water partition coefficient (Wildman–Crippen LogP) is 3.87. The van der Waals surface area contributed by atoms with E-state index in [1.807, 2.05) is 12.1 Å². The van der Waals surface area contributed by atoms with Gasteiger partial charge in [0.2, 0.25) is 0 Å². The monoisotopic (exact) mass is 325 g/mol. The smallest absolute Gasteiger partial charge is 0.370 e. The van der Waals surface area contributed by atoms with Gasteiger partial charge in [0, 0.05) is 42.6 Å². The molecule has 3 nitrogen and oxygen atoms in total. The van der Waals surface area contributed by atoms with Gasteiger partial charge >= 0.3 is 6.18 Å². The lowest BCUT2D eigenvalue weighted by Crippen LogP contribution is -2.20. The molecule has 0 spiro atoms. The number of rotatable bonds is 3. The summed E-state index contributed by atoms with van der Waals surface area (Å²) >= 11 is 1.53. The quantitative estimate of drug-likeness (QED) is 0.857.